The molecule has 0 bridgehead atoms. The normalized spacial score (nSPS) is 11.6. The highest BCUT2D eigenvalue weighted by Gasteiger charge is 2.31. The summed E-state index contributed by atoms with van der Waals surface area (Å²) in [5, 5.41) is 9.32. The van der Waals surface area contributed by atoms with Crippen molar-refractivity contribution in [3.05, 3.63) is 65.5 Å². The van der Waals surface area contributed by atoms with Crippen molar-refractivity contribution < 1.29 is 9.50 Å². The van der Waals surface area contributed by atoms with Crippen molar-refractivity contribution in [1.82, 2.24) is 0 Å². The number of hydrogen-bond donors (Lipinski definition) is 1. The van der Waals surface area contributed by atoms with E-state index in [1.165, 1.54) is 12.1 Å². The Morgan fingerprint density at radius 3 is 2.20 bits per heavy atom. The van der Waals surface area contributed by atoms with Crippen molar-refractivity contribution in [2.75, 3.05) is 11.8 Å². The molecule has 0 saturated heterocycles. The Morgan fingerprint density at radius 1 is 1.00 bits per heavy atom. The predicted molar refractivity (Wildman–Crippen MR) is 81.3 cm³/mol. The van der Waals surface area contributed by atoms with Crippen molar-refractivity contribution in [3.63, 3.8) is 0 Å². The summed E-state index contributed by atoms with van der Waals surface area (Å²) in [6, 6.07) is 13.3. The van der Waals surface area contributed by atoms with E-state index >= 15 is 0 Å². The molecule has 0 atom stereocenters. The van der Waals surface area contributed by atoms with E-state index in [0.29, 0.717) is 18.2 Å². The second-order valence-corrected chi connectivity index (χ2v) is 5.44. The summed E-state index contributed by atoms with van der Waals surface area (Å²) >= 11 is 12.3. The summed E-state index contributed by atoms with van der Waals surface area (Å²) < 4.78 is 13.4. The van der Waals surface area contributed by atoms with E-state index in [-0.39, 0.29) is 11.6 Å². The van der Waals surface area contributed by atoms with Gasteiger partial charge in [-0.25, -0.2) is 4.39 Å². The summed E-state index contributed by atoms with van der Waals surface area (Å²) in [7, 11) is 0. The van der Waals surface area contributed by atoms with Crippen LogP contribution < -0.4 is 0 Å². The fourth-order valence-electron chi connectivity index (χ4n) is 2.21. The number of halogens is 3. The molecule has 1 N–H and O–H groups in total. The average Bonchev–Trinajstić information content (AvgIpc) is 2.47. The number of hydrogen-bond acceptors (Lipinski definition) is 1. The van der Waals surface area contributed by atoms with Crippen molar-refractivity contribution >= 4 is 23.2 Å². The minimum Gasteiger partial charge on any atom is -0.508 e. The average molecular weight is 313 g/mol. The van der Waals surface area contributed by atoms with Crippen molar-refractivity contribution in [2.24, 2.45) is 0 Å². The number of rotatable bonds is 5. The molecule has 0 radical (unpaired) electrons. The zero-order valence-corrected chi connectivity index (χ0v) is 12.3. The first-order valence-electron chi connectivity index (χ1n) is 6.25. The Labute approximate surface area is 128 Å². The Balaban J connectivity index is 2.36. The van der Waals surface area contributed by atoms with E-state index in [0.717, 1.165) is 11.1 Å². The first-order chi connectivity index (χ1) is 9.59. The summed E-state index contributed by atoms with van der Waals surface area (Å²) in [5.41, 5.74) is 1.26. The molecule has 0 saturated carbocycles. The minimum atomic E-state index is -0.526. The second kappa shape index (κ2) is 6.47. The van der Waals surface area contributed by atoms with E-state index in [4.69, 9.17) is 23.2 Å². The highest BCUT2D eigenvalue weighted by molar-refractivity contribution is 6.22. The third-order valence-corrected chi connectivity index (χ3v) is 4.45. The molecule has 0 fully saturated rings. The summed E-state index contributed by atoms with van der Waals surface area (Å²) in [6.07, 6.45) is 0.587. The van der Waals surface area contributed by atoms with Crippen LogP contribution in [0.2, 0.25) is 0 Å². The molecule has 20 heavy (non-hydrogen) atoms. The summed E-state index contributed by atoms with van der Waals surface area (Å²) in [4.78, 5) is 0. The standard InChI is InChI=1S/C16H15Cl2FO/c17-10-16(11-18,13-2-1-3-14(19)8-13)9-12-4-6-15(20)7-5-12/h1-8,20H,9-11H2. The lowest BCUT2D eigenvalue weighted by Gasteiger charge is -2.30. The fourth-order valence-corrected chi connectivity index (χ4v) is 2.99. The SMILES string of the molecule is Oc1ccc(CC(CCl)(CCl)c2cccc(F)c2)cc1. The van der Waals surface area contributed by atoms with Gasteiger partial charge in [-0.3, -0.25) is 0 Å². The van der Waals surface area contributed by atoms with Gasteiger partial charge in [-0.15, -0.1) is 23.2 Å². The lowest BCUT2D eigenvalue weighted by molar-refractivity contribution is 0.474. The van der Waals surface area contributed by atoms with Gasteiger partial charge in [0, 0.05) is 17.2 Å². The van der Waals surface area contributed by atoms with Crippen LogP contribution in [0.15, 0.2) is 48.5 Å². The number of aromatic hydroxyl groups is 1. The Morgan fingerprint density at radius 2 is 1.65 bits per heavy atom. The van der Waals surface area contributed by atoms with E-state index in [2.05, 4.69) is 0 Å². The molecule has 0 heterocycles. The van der Waals surface area contributed by atoms with Crippen molar-refractivity contribution in [3.8, 4) is 5.75 Å². The molecule has 2 aromatic carbocycles. The molecule has 2 rings (SSSR count). The van der Waals surface area contributed by atoms with Crippen LogP contribution in [-0.4, -0.2) is 16.9 Å². The van der Waals surface area contributed by atoms with Crippen LogP contribution in [0.3, 0.4) is 0 Å². The first kappa shape index (κ1) is 15.1. The topological polar surface area (TPSA) is 20.2 Å². The van der Waals surface area contributed by atoms with Gasteiger partial charge in [-0.2, -0.15) is 0 Å². The maximum Gasteiger partial charge on any atom is 0.123 e. The molecule has 1 nitrogen and oxygen atoms in total. The number of alkyl halides is 2. The smallest absolute Gasteiger partial charge is 0.123 e. The zero-order chi connectivity index (χ0) is 14.6. The minimum absolute atomic E-state index is 0.210. The molecule has 106 valence electrons. The molecule has 0 aliphatic rings. The molecule has 0 spiro atoms. The zero-order valence-electron chi connectivity index (χ0n) is 10.8. The fraction of sp³-hybridized carbons (Fsp3) is 0.250. The van der Waals surface area contributed by atoms with Crippen LogP contribution >= 0.6 is 23.2 Å². The molecular formula is C16H15Cl2FO. The molecule has 0 amide bonds. The molecule has 2 aromatic rings. The van der Waals surface area contributed by atoms with Gasteiger partial charge in [-0.1, -0.05) is 24.3 Å². The van der Waals surface area contributed by atoms with Gasteiger partial charge < -0.3 is 5.11 Å². The largest absolute Gasteiger partial charge is 0.508 e. The van der Waals surface area contributed by atoms with Crippen molar-refractivity contribution in [2.45, 2.75) is 11.8 Å². The number of phenols is 1. The quantitative estimate of drug-likeness (QED) is 0.806. The molecule has 0 aliphatic heterocycles. The van der Waals surface area contributed by atoms with Crippen LogP contribution in [0.5, 0.6) is 5.75 Å². The Kier molecular flexibility index (Phi) is 4.90. The third-order valence-electron chi connectivity index (χ3n) is 3.43. The van der Waals surface area contributed by atoms with Crippen LogP contribution in [0, 0.1) is 5.82 Å². The molecule has 0 unspecified atom stereocenters. The number of benzene rings is 2. The van der Waals surface area contributed by atoms with Gasteiger partial charge in [0.15, 0.2) is 0 Å². The lowest BCUT2D eigenvalue weighted by atomic mass is 9.78. The molecule has 4 heteroatoms. The lowest BCUT2D eigenvalue weighted by Crippen LogP contribution is -2.33. The van der Waals surface area contributed by atoms with Crippen LogP contribution in [0.4, 0.5) is 4.39 Å². The second-order valence-electron chi connectivity index (χ2n) is 4.90. The van der Waals surface area contributed by atoms with E-state index < -0.39 is 5.41 Å². The monoisotopic (exact) mass is 312 g/mol. The van der Waals surface area contributed by atoms with E-state index in [1.54, 1.807) is 18.2 Å². The van der Waals surface area contributed by atoms with Crippen LogP contribution in [0.25, 0.3) is 0 Å². The Hall–Kier alpha value is -1.25. The Bertz CT molecular complexity index is 565. The van der Waals surface area contributed by atoms with Crippen LogP contribution in [-0.2, 0) is 11.8 Å². The van der Waals surface area contributed by atoms with Gasteiger partial charge in [0.05, 0.1) is 0 Å². The van der Waals surface area contributed by atoms with Gasteiger partial charge in [-0.05, 0) is 41.8 Å². The predicted octanol–water partition coefficient (Wildman–Crippen LogP) is 4.49. The summed E-state index contributed by atoms with van der Waals surface area (Å²) in [5.74, 6) is 0.497. The molecular weight excluding hydrogens is 298 g/mol. The van der Waals surface area contributed by atoms with Gasteiger partial charge in [0.1, 0.15) is 11.6 Å². The van der Waals surface area contributed by atoms with E-state index in [9.17, 15) is 9.50 Å². The number of phenolic OH excluding ortho intramolecular Hbond substituents is 1. The highest BCUT2D eigenvalue weighted by atomic mass is 35.5. The van der Waals surface area contributed by atoms with E-state index in [1.807, 2.05) is 18.2 Å². The molecule has 0 aromatic heterocycles. The van der Waals surface area contributed by atoms with Crippen LogP contribution in [0.1, 0.15) is 11.1 Å². The highest BCUT2D eigenvalue weighted by Crippen LogP contribution is 2.32. The van der Waals surface area contributed by atoms with Gasteiger partial charge >= 0.3 is 0 Å². The third kappa shape index (κ3) is 3.25. The molecule has 0 aliphatic carbocycles. The van der Waals surface area contributed by atoms with Crippen molar-refractivity contribution in [1.29, 1.82) is 0 Å². The maximum absolute atomic E-state index is 13.4. The first-order valence-corrected chi connectivity index (χ1v) is 7.32. The maximum atomic E-state index is 13.4. The van der Waals surface area contributed by atoms with Gasteiger partial charge in [0.25, 0.3) is 0 Å². The summed E-state index contributed by atoms with van der Waals surface area (Å²) in [6.45, 7) is 0. The van der Waals surface area contributed by atoms with Gasteiger partial charge in [0.2, 0.25) is 0 Å².